The normalized spacial score (nSPS) is 10.3. The van der Waals surface area contributed by atoms with Crippen LogP contribution in [0, 0.1) is 10.1 Å². The Bertz CT molecular complexity index is 639. The Hall–Kier alpha value is -2.16. The number of H-pyrrole nitrogens is 1. The first kappa shape index (κ1) is 12.3. The predicted molar refractivity (Wildman–Crippen MR) is 66.5 cm³/mol. The number of nitro groups is 1. The summed E-state index contributed by atoms with van der Waals surface area (Å²) in [5.41, 5.74) is 0.429. The molecule has 0 aliphatic rings. The van der Waals surface area contributed by atoms with E-state index in [0.717, 1.165) is 0 Å². The van der Waals surface area contributed by atoms with Crippen molar-refractivity contribution in [2.75, 3.05) is 12.4 Å². The van der Waals surface area contributed by atoms with Gasteiger partial charge in [-0.3, -0.25) is 15.4 Å². The number of nitrogens with zero attached hydrogens (tertiary/aromatic N) is 2. The minimum Gasteiger partial charge on any atom is -0.453 e. The fraction of sp³-hybridized carbons (Fsp3) is 0.111. The molecule has 1 heterocycles. The molecule has 1 aromatic carbocycles. The quantitative estimate of drug-likeness (QED) is 0.653. The summed E-state index contributed by atoms with van der Waals surface area (Å²) >= 11 is 3.08. The maximum absolute atomic E-state index is 11.0. The van der Waals surface area contributed by atoms with Gasteiger partial charge in [0.15, 0.2) is 5.52 Å². The average Bonchev–Trinajstić information content (AvgIpc) is 2.70. The summed E-state index contributed by atoms with van der Waals surface area (Å²) < 4.78 is 4.71. The highest BCUT2D eigenvalue weighted by Gasteiger charge is 2.20. The van der Waals surface area contributed by atoms with Crippen molar-refractivity contribution < 1.29 is 14.5 Å². The van der Waals surface area contributed by atoms with Gasteiger partial charge in [0.1, 0.15) is 0 Å². The van der Waals surface area contributed by atoms with Gasteiger partial charge in [-0.15, -0.1) is 0 Å². The number of ether oxygens (including phenoxy) is 1. The SMILES string of the molecule is COC(=O)Nc1nc2c([N+](=O)[O-])c(Br)ccc2[nH]1. The molecule has 1 aromatic heterocycles. The number of methoxy groups -OCH3 is 1. The largest absolute Gasteiger partial charge is 0.453 e. The number of nitro benzene ring substituents is 1. The number of carbonyl (C=O) groups excluding carboxylic acids is 1. The first-order chi connectivity index (χ1) is 8.52. The molecule has 18 heavy (non-hydrogen) atoms. The molecule has 0 radical (unpaired) electrons. The molecular weight excluding hydrogens is 308 g/mol. The number of carbonyl (C=O) groups is 1. The number of amides is 1. The minimum atomic E-state index is -0.712. The van der Waals surface area contributed by atoms with Crippen LogP contribution in [0.15, 0.2) is 16.6 Å². The van der Waals surface area contributed by atoms with Crippen LogP contribution in [0.4, 0.5) is 16.4 Å². The number of nitrogens with one attached hydrogen (secondary N) is 2. The van der Waals surface area contributed by atoms with Crippen molar-refractivity contribution in [3.8, 4) is 0 Å². The monoisotopic (exact) mass is 314 g/mol. The first-order valence-electron chi connectivity index (χ1n) is 4.70. The van der Waals surface area contributed by atoms with E-state index in [-0.39, 0.29) is 17.2 Å². The van der Waals surface area contributed by atoms with Gasteiger partial charge in [0.25, 0.3) is 0 Å². The molecule has 0 spiro atoms. The lowest BCUT2D eigenvalue weighted by atomic mass is 10.3. The molecule has 0 atom stereocenters. The number of halogens is 1. The fourth-order valence-electron chi connectivity index (χ4n) is 1.42. The number of benzene rings is 1. The molecule has 9 heteroatoms. The van der Waals surface area contributed by atoms with Gasteiger partial charge in [-0.2, -0.15) is 0 Å². The number of anilines is 1. The molecule has 2 N–H and O–H groups in total. The lowest BCUT2D eigenvalue weighted by Gasteiger charge is -1.96. The molecule has 94 valence electrons. The zero-order chi connectivity index (χ0) is 13.3. The Balaban J connectivity index is 2.54. The summed E-state index contributed by atoms with van der Waals surface area (Å²) in [5, 5.41) is 13.2. The van der Waals surface area contributed by atoms with Gasteiger partial charge in [-0.25, -0.2) is 9.78 Å². The van der Waals surface area contributed by atoms with Crippen LogP contribution in [-0.4, -0.2) is 28.1 Å². The van der Waals surface area contributed by atoms with E-state index in [1.807, 2.05) is 0 Å². The summed E-state index contributed by atoms with van der Waals surface area (Å²) in [6, 6.07) is 3.14. The number of hydrogen-bond acceptors (Lipinski definition) is 5. The zero-order valence-corrected chi connectivity index (χ0v) is 10.6. The molecule has 0 saturated heterocycles. The number of aromatic amines is 1. The third-order valence-corrected chi connectivity index (χ3v) is 2.81. The van der Waals surface area contributed by atoms with Crippen LogP contribution < -0.4 is 5.32 Å². The van der Waals surface area contributed by atoms with E-state index in [4.69, 9.17) is 0 Å². The Morgan fingerprint density at radius 2 is 2.33 bits per heavy atom. The van der Waals surface area contributed by atoms with Gasteiger partial charge < -0.3 is 9.72 Å². The van der Waals surface area contributed by atoms with Crippen molar-refractivity contribution in [1.82, 2.24) is 9.97 Å². The molecule has 0 aliphatic carbocycles. The van der Waals surface area contributed by atoms with Crippen LogP contribution in [0.1, 0.15) is 0 Å². The second-order valence-corrected chi connectivity index (χ2v) is 4.11. The number of hydrogen-bond donors (Lipinski definition) is 2. The molecule has 2 aromatic rings. The molecule has 0 aliphatic heterocycles. The van der Waals surface area contributed by atoms with E-state index in [1.165, 1.54) is 13.2 Å². The van der Waals surface area contributed by atoms with Gasteiger partial charge in [-0.05, 0) is 28.1 Å². The lowest BCUT2D eigenvalue weighted by molar-refractivity contribution is -0.384. The molecular formula is C9H7BrN4O4. The van der Waals surface area contributed by atoms with Crippen LogP contribution in [0.2, 0.25) is 0 Å². The maximum Gasteiger partial charge on any atom is 0.413 e. The van der Waals surface area contributed by atoms with Crippen molar-refractivity contribution in [3.05, 3.63) is 26.7 Å². The van der Waals surface area contributed by atoms with Gasteiger partial charge in [0, 0.05) is 0 Å². The number of rotatable bonds is 2. The summed E-state index contributed by atoms with van der Waals surface area (Å²) in [6.45, 7) is 0. The van der Waals surface area contributed by atoms with E-state index in [0.29, 0.717) is 9.99 Å². The molecule has 0 bridgehead atoms. The van der Waals surface area contributed by atoms with Crippen LogP contribution in [0.25, 0.3) is 11.0 Å². The van der Waals surface area contributed by atoms with E-state index >= 15 is 0 Å². The highest BCUT2D eigenvalue weighted by Crippen LogP contribution is 2.32. The van der Waals surface area contributed by atoms with Crippen LogP contribution >= 0.6 is 15.9 Å². The maximum atomic E-state index is 11.0. The standard InChI is InChI=1S/C9H7BrN4O4/c1-18-9(15)13-8-11-5-3-2-4(10)7(14(16)17)6(5)12-8/h2-3H,1H3,(H2,11,12,13,15). The van der Waals surface area contributed by atoms with E-state index < -0.39 is 11.0 Å². The summed E-state index contributed by atoms with van der Waals surface area (Å²) in [5.74, 6) is 0.0815. The molecule has 1 amide bonds. The predicted octanol–water partition coefficient (Wildman–Crippen LogP) is 2.41. The molecule has 0 fully saturated rings. The molecule has 8 nitrogen and oxygen atoms in total. The Morgan fingerprint density at radius 1 is 1.61 bits per heavy atom. The van der Waals surface area contributed by atoms with Gasteiger partial charge >= 0.3 is 11.8 Å². The Kier molecular flexibility index (Phi) is 3.15. The third-order valence-electron chi connectivity index (χ3n) is 2.17. The molecule has 2 rings (SSSR count). The van der Waals surface area contributed by atoms with Crippen molar-refractivity contribution in [1.29, 1.82) is 0 Å². The van der Waals surface area contributed by atoms with Gasteiger partial charge in [-0.1, -0.05) is 0 Å². The third kappa shape index (κ3) is 2.12. The molecule has 0 unspecified atom stereocenters. The Labute approximate surface area is 109 Å². The molecule has 0 saturated carbocycles. The lowest BCUT2D eigenvalue weighted by Crippen LogP contribution is -2.11. The minimum absolute atomic E-state index is 0.0815. The number of fused-ring (bicyclic) bond motifs is 1. The van der Waals surface area contributed by atoms with Gasteiger partial charge in [0.05, 0.1) is 22.0 Å². The van der Waals surface area contributed by atoms with Crippen molar-refractivity contribution >= 4 is 44.7 Å². The highest BCUT2D eigenvalue weighted by atomic mass is 79.9. The van der Waals surface area contributed by atoms with Crippen molar-refractivity contribution in [2.24, 2.45) is 0 Å². The smallest absolute Gasteiger partial charge is 0.413 e. The van der Waals surface area contributed by atoms with Crippen LogP contribution in [-0.2, 0) is 4.74 Å². The highest BCUT2D eigenvalue weighted by molar-refractivity contribution is 9.10. The summed E-state index contributed by atoms with van der Waals surface area (Å²) in [6.07, 6.45) is -0.712. The van der Waals surface area contributed by atoms with E-state index in [1.54, 1.807) is 6.07 Å². The second kappa shape index (κ2) is 4.61. The Morgan fingerprint density at radius 3 is 2.94 bits per heavy atom. The first-order valence-corrected chi connectivity index (χ1v) is 5.50. The second-order valence-electron chi connectivity index (χ2n) is 3.25. The van der Waals surface area contributed by atoms with Crippen LogP contribution in [0.3, 0.4) is 0 Å². The van der Waals surface area contributed by atoms with Gasteiger partial charge in [0.2, 0.25) is 5.95 Å². The van der Waals surface area contributed by atoms with Crippen molar-refractivity contribution in [3.63, 3.8) is 0 Å². The van der Waals surface area contributed by atoms with Crippen LogP contribution in [0.5, 0.6) is 0 Å². The van der Waals surface area contributed by atoms with E-state index in [2.05, 4.69) is 36.0 Å². The number of aromatic nitrogens is 2. The topological polar surface area (TPSA) is 110 Å². The van der Waals surface area contributed by atoms with E-state index in [9.17, 15) is 14.9 Å². The average molecular weight is 315 g/mol. The summed E-state index contributed by atoms with van der Waals surface area (Å²) in [7, 11) is 1.21. The number of imidazole rings is 1. The zero-order valence-electron chi connectivity index (χ0n) is 9.06. The summed E-state index contributed by atoms with van der Waals surface area (Å²) in [4.78, 5) is 28.1. The van der Waals surface area contributed by atoms with Crippen molar-refractivity contribution in [2.45, 2.75) is 0 Å². The fourth-order valence-corrected chi connectivity index (χ4v) is 1.88.